The van der Waals surface area contributed by atoms with Gasteiger partial charge in [-0.05, 0) is 63.3 Å². The topological polar surface area (TPSA) is 51.2 Å². The van der Waals surface area contributed by atoms with Crippen LogP contribution in [-0.4, -0.2) is 29.0 Å². The maximum absolute atomic E-state index is 14.7. The summed E-state index contributed by atoms with van der Waals surface area (Å²) in [4.78, 5) is 17.9. The molecule has 1 N–H and O–H groups in total. The third kappa shape index (κ3) is 4.03. The van der Waals surface area contributed by atoms with Crippen LogP contribution < -0.4 is 5.32 Å². The monoisotopic (exact) mass is 462 g/mol. The molecule has 2 unspecified atom stereocenters. The summed E-state index contributed by atoms with van der Waals surface area (Å²) in [5.74, 6) is -4.55. The Morgan fingerprint density at radius 2 is 1.85 bits per heavy atom. The summed E-state index contributed by atoms with van der Waals surface area (Å²) in [7, 11) is 0. The molecule has 176 valence electrons. The Labute approximate surface area is 189 Å². The number of aromatic nitrogens is 1. The molecule has 2 saturated carbocycles. The number of halogens is 4. The van der Waals surface area contributed by atoms with Crippen molar-refractivity contribution < 1.29 is 27.1 Å². The molecular weight excluding hydrogens is 436 g/mol. The third-order valence-corrected chi connectivity index (χ3v) is 7.56. The van der Waals surface area contributed by atoms with Crippen LogP contribution in [0.4, 0.5) is 23.2 Å². The molecule has 0 spiro atoms. The number of fused-ring (bicyclic) bond motifs is 2. The second kappa shape index (κ2) is 7.79. The van der Waals surface area contributed by atoms with Crippen LogP contribution in [0, 0.1) is 17.0 Å². The van der Waals surface area contributed by atoms with Crippen molar-refractivity contribution in [2.45, 2.75) is 69.3 Å². The number of hydrogen-bond donors (Lipinski definition) is 1. The number of amides is 1. The molecule has 5 rings (SSSR count). The molecule has 1 aliphatic heterocycles. The van der Waals surface area contributed by atoms with E-state index < -0.39 is 23.0 Å². The van der Waals surface area contributed by atoms with E-state index in [4.69, 9.17) is 4.74 Å². The van der Waals surface area contributed by atoms with Gasteiger partial charge in [-0.1, -0.05) is 0 Å². The lowest BCUT2D eigenvalue weighted by Crippen LogP contribution is -2.36. The first-order valence-electron chi connectivity index (χ1n) is 11.4. The third-order valence-electron chi connectivity index (χ3n) is 7.56. The number of alkyl halides is 2. The average Bonchev–Trinajstić information content (AvgIpc) is 3.31. The molecule has 2 aromatic rings. The van der Waals surface area contributed by atoms with Gasteiger partial charge < -0.3 is 10.1 Å². The molecule has 3 aliphatic rings. The summed E-state index contributed by atoms with van der Waals surface area (Å²) in [6.45, 7) is 2.28. The van der Waals surface area contributed by atoms with Gasteiger partial charge in [0, 0.05) is 36.1 Å². The molecule has 2 bridgehead atoms. The summed E-state index contributed by atoms with van der Waals surface area (Å²) >= 11 is 0. The van der Waals surface area contributed by atoms with Crippen LogP contribution in [0.3, 0.4) is 0 Å². The number of hydrogen-bond acceptors (Lipinski definition) is 3. The molecule has 8 heteroatoms. The fourth-order valence-corrected chi connectivity index (χ4v) is 5.62. The number of anilines is 1. The molecule has 2 heterocycles. The molecule has 2 aliphatic carbocycles. The molecule has 1 saturated heterocycles. The predicted molar refractivity (Wildman–Crippen MR) is 115 cm³/mol. The van der Waals surface area contributed by atoms with Gasteiger partial charge >= 0.3 is 0 Å². The molecule has 1 aromatic heterocycles. The molecule has 2 atom stereocenters. The van der Waals surface area contributed by atoms with Crippen LogP contribution >= 0.6 is 0 Å². The number of ether oxygens (including phenoxy) is 1. The molecule has 1 amide bonds. The molecule has 0 radical (unpaired) electrons. The maximum atomic E-state index is 14.7. The summed E-state index contributed by atoms with van der Waals surface area (Å²) in [5, 5.41) is 2.96. The number of rotatable bonds is 4. The summed E-state index contributed by atoms with van der Waals surface area (Å²) in [5.41, 5.74) is -0.0284. The maximum Gasteiger partial charge on any atom is 0.248 e. The normalized spacial score (nSPS) is 28.8. The van der Waals surface area contributed by atoms with E-state index in [0.29, 0.717) is 30.7 Å². The fraction of sp³-hybridized carbons (Fsp3) is 0.520. The summed E-state index contributed by atoms with van der Waals surface area (Å²) in [6, 6.07) is 4.65. The molecule has 4 nitrogen and oxygen atoms in total. The lowest BCUT2D eigenvalue weighted by Gasteiger charge is -2.31. The minimum absolute atomic E-state index is 0.00785. The first-order valence-corrected chi connectivity index (χ1v) is 11.4. The minimum Gasteiger partial charge on any atom is -0.374 e. The molecule has 33 heavy (non-hydrogen) atoms. The van der Waals surface area contributed by atoms with Crippen molar-refractivity contribution in [3.05, 3.63) is 47.8 Å². The van der Waals surface area contributed by atoms with Crippen molar-refractivity contribution in [2.24, 2.45) is 5.41 Å². The average molecular weight is 462 g/mol. The number of nitrogens with zero attached hydrogens (tertiary/aromatic N) is 1. The first kappa shape index (κ1) is 22.3. The van der Waals surface area contributed by atoms with Gasteiger partial charge in [0.15, 0.2) is 0 Å². The number of benzene rings is 1. The van der Waals surface area contributed by atoms with E-state index in [0.717, 1.165) is 24.6 Å². The second-order valence-electron chi connectivity index (χ2n) is 10.0. The lowest BCUT2D eigenvalue weighted by molar-refractivity contribution is -0.127. The number of carbonyl (C=O) groups excluding carboxylic acids is 1. The van der Waals surface area contributed by atoms with Crippen LogP contribution in [0.15, 0.2) is 30.5 Å². The Morgan fingerprint density at radius 1 is 1.09 bits per heavy atom. The fourth-order valence-electron chi connectivity index (χ4n) is 5.62. The van der Waals surface area contributed by atoms with E-state index in [1.807, 2.05) is 6.92 Å². The lowest BCUT2D eigenvalue weighted by atomic mass is 9.82. The van der Waals surface area contributed by atoms with E-state index in [1.165, 1.54) is 12.3 Å². The highest BCUT2D eigenvalue weighted by atomic mass is 19.3. The highest BCUT2D eigenvalue weighted by Crippen LogP contribution is 2.53. The summed E-state index contributed by atoms with van der Waals surface area (Å²) in [6.07, 6.45) is 3.33. The predicted octanol–water partition coefficient (Wildman–Crippen LogP) is 6.22. The Hall–Kier alpha value is -2.48. The zero-order valence-electron chi connectivity index (χ0n) is 18.4. The SMILES string of the molecule is CC12CCC(C(=O)Nc3c(-c4cc(F)ccc4F)ccnc3C3CCC(F)(F)CC3)(CO1)C2. The largest absolute Gasteiger partial charge is 0.374 e. The van der Waals surface area contributed by atoms with Crippen LogP contribution in [0.25, 0.3) is 11.1 Å². The van der Waals surface area contributed by atoms with E-state index in [-0.39, 0.29) is 54.4 Å². The van der Waals surface area contributed by atoms with Crippen molar-refractivity contribution in [2.75, 3.05) is 11.9 Å². The van der Waals surface area contributed by atoms with Gasteiger partial charge in [-0.15, -0.1) is 0 Å². The van der Waals surface area contributed by atoms with Crippen LogP contribution in [0.5, 0.6) is 0 Å². The van der Waals surface area contributed by atoms with E-state index in [1.54, 1.807) is 0 Å². The van der Waals surface area contributed by atoms with E-state index in [2.05, 4.69) is 10.3 Å². The van der Waals surface area contributed by atoms with Crippen molar-refractivity contribution in [3.63, 3.8) is 0 Å². The molecular formula is C25H26F4N2O2. The number of carbonyl (C=O) groups is 1. The van der Waals surface area contributed by atoms with Crippen molar-refractivity contribution in [1.82, 2.24) is 4.98 Å². The van der Waals surface area contributed by atoms with Gasteiger partial charge in [-0.2, -0.15) is 0 Å². The van der Waals surface area contributed by atoms with Gasteiger partial charge in [-0.3, -0.25) is 9.78 Å². The van der Waals surface area contributed by atoms with Crippen LogP contribution in [-0.2, 0) is 9.53 Å². The summed E-state index contributed by atoms with van der Waals surface area (Å²) < 4.78 is 62.2. The Bertz CT molecular complexity index is 1090. The van der Waals surface area contributed by atoms with Gasteiger partial charge in [0.05, 0.1) is 29.0 Å². The zero-order valence-corrected chi connectivity index (χ0v) is 18.4. The van der Waals surface area contributed by atoms with Crippen molar-refractivity contribution in [1.29, 1.82) is 0 Å². The quantitative estimate of drug-likeness (QED) is 0.549. The minimum atomic E-state index is -2.72. The highest BCUT2D eigenvalue weighted by Gasteiger charge is 2.57. The molecule has 1 aromatic carbocycles. The van der Waals surface area contributed by atoms with Gasteiger partial charge in [0.2, 0.25) is 11.8 Å². The Morgan fingerprint density at radius 3 is 2.48 bits per heavy atom. The van der Waals surface area contributed by atoms with E-state index in [9.17, 15) is 22.4 Å². The Balaban J connectivity index is 1.56. The Kier molecular flexibility index (Phi) is 5.27. The first-order chi connectivity index (χ1) is 15.6. The standard InChI is InChI=1S/C25H26F4N2O2/c1-23-9-10-24(13-23,14-33-23)22(32)31-21-17(18-12-16(26)2-3-19(18)27)6-11-30-20(21)15-4-7-25(28,29)8-5-15/h2-3,6,11-12,15H,4-5,7-10,13-14H2,1H3,(H,31,32). The van der Waals surface area contributed by atoms with Gasteiger partial charge in [-0.25, -0.2) is 17.6 Å². The van der Waals surface area contributed by atoms with Crippen molar-refractivity contribution >= 4 is 11.6 Å². The zero-order chi connectivity index (χ0) is 23.4. The number of pyridine rings is 1. The number of nitrogens with one attached hydrogen (secondary N) is 1. The van der Waals surface area contributed by atoms with Crippen molar-refractivity contribution in [3.8, 4) is 11.1 Å². The van der Waals surface area contributed by atoms with Gasteiger partial charge in [0.1, 0.15) is 11.6 Å². The van der Waals surface area contributed by atoms with Crippen LogP contribution in [0.1, 0.15) is 63.5 Å². The van der Waals surface area contributed by atoms with Gasteiger partial charge in [0.25, 0.3) is 0 Å². The van der Waals surface area contributed by atoms with Crippen LogP contribution in [0.2, 0.25) is 0 Å². The molecule has 3 fully saturated rings. The smallest absolute Gasteiger partial charge is 0.248 e. The van der Waals surface area contributed by atoms with E-state index >= 15 is 0 Å². The second-order valence-corrected chi connectivity index (χ2v) is 10.0. The highest BCUT2D eigenvalue weighted by molar-refractivity contribution is 6.00.